The van der Waals surface area contributed by atoms with E-state index in [0.29, 0.717) is 0 Å². The zero-order chi connectivity index (χ0) is 18.4. The molecule has 0 bridgehead atoms. The van der Waals surface area contributed by atoms with Crippen LogP contribution in [-0.2, 0) is 16.0 Å². The molecule has 1 rings (SSSR count). The fourth-order valence-electron chi connectivity index (χ4n) is 1.61. The quantitative estimate of drug-likeness (QED) is 0.137. The molecule has 0 unspecified atom stereocenters. The van der Waals surface area contributed by atoms with Crippen LogP contribution in [0.15, 0.2) is 0 Å². The Balaban J connectivity index is 4.12. The summed E-state index contributed by atoms with van der Waals surface area (Å²) < 4.78 is 85.4. The Bertz CT molecular complexity index is 800. The van der Waals surface area contributed by atoms with E-state index in [1.165, 1.54) is 0 Å². The van der Waals surface area contributed by atoms with Crippen molar-refractivity contribution in [2.45, 2.75) is 6.92 Å². The summed E-state index contributed by atoms with van der Waals surface area (Å²) in [5.74, 6) is -2.31. The number of nitrogens with one attached hydrogen (secondary N) is 1. The molecule has 0 saturated heterocycles. The Labute approximate surface area is 136 Å². The van der Waals surface area contributed by atoms with Crippen LogP contribution in [0.5, 0.6) is 5.75 Å². The Morgan fingerprint density at radius 2 is 1.35 bits per heavy atom. The normalized spacial score (nSPS) is 13.0. The molecule has 0 heterocycles. The number of carbonyl (C=O) groups excluding carboxylic acids is 1. The Morgan fingerprint density at radius 1 is 0.913 bits per heavy atom. The van der Waals surface area contributed by atoms with Gasteiger partial charge in [-0.2, -0.15) is 0 Å². The predicted octanol–water partition coefficient (Wildman–Crippen LogP) is -6.17. The van der Waals surface area contributed by atoms with Gasteiger partial charge >= 0.3 is 137 Å². The van der Waals surface area contributed by atoms with Gasteiger partial charge in [-0.05, 0) is 0 Å². The minimum absolute atomic E-state index is 0.890. The van der Waals surface area contributed by atoms with Gasteiger partial charge in [0, 0.05) is 0 Å². The molecule has 1 amide bonds. The van der Waals surface area contributed by atoms with E-state index >= 15 is 0 Å². The summed E-state index contributed by atoms with van der Waals surface area (Å²) in [5.41, 5.74) is -0.912. The third-order valence-electron chi connectivity index (χ3n) is 2.33. The number of phenolic OH excluding ortho intramolecular Hbond substituents is 1. The van der Waals surface area contributed by atoms with Gasteiger partial charge in [0.1, 0.15) is 0 Å². The van der Waals surface area contributed by atoms with E-state index in [1.54, 1.807) is 6.07 Å². The molecule has 0 aliphatic heterocycles. The molecule has 15 heteroatoms. The fraction of sp³-hybridized carbons (Fsp3) is 0.125. The standard InChI is InChI=1S/C8H11As3NO11/c1-3(13)12-5-2-4(9(15,16)17)6(10(18,19)20)7(8(5)14)11(21,22)23/h14H,1H3,(H,12,13)(H2,15,16,17)(H2,18,19,20)(H2,21,22,23). The SMILES string of the molecule is CC(=O)Nc1[c]c([As](=O)(O)O)c([As](=O)(O)O)c([As](=O)(O)O)c1O. The molecular weight excluding hydrogens is 511 g/mol. The predicted molar refractivity (Wildman–Crippen MR) is 72.8 cm³/mol. The van der Waals surface area contributed by atoms with Gasteiger partial charge in [-0.1, -0.05) is 0 Å². The van der Waals surface area contributed by atoms with Gasteiger partial charge in [-0.15, -0.1) is 0 Å². The first kappa shape index (κ1) is 20.4. The molecule has 12 nitrogen and oxygen atoms in total. The van der Waals surface area contributed by atoms with Crippen molar-refractivity contribution < 1.29 is 45.7 Å². The molecule has 0 saturated carbocycles. The van der Waals surface area contributed by atoms with Crippen molar-refractivity contribution in [3.05, 3.63) is 6.07 Å². The number of benzene rings is 1. The number of hydrogen-bond donors (Lipinski definition) is 8. The number of rotatable bonds is 4. The molecular formula is C8H11As3NO11. The summed E-state index contributed by atoms with van der Waals surface area (Å²) in [6, 6.07) is 1.74. The van der Waals surface area contributed by atoms with E-state index in [1.807, 2.05) is 5.32 Å². The fourth-order valence-corrected chi connectivity index (χ4v) is 12.2. The van der Waals surface area contributed by atoms with E-state index < -0.39 is 72.9 Å². The molecule has 1 aromatic carbocycles. The van der Waals surface area contributed by atoms with Crippen molar-refractivity contribution in [3.8, 4) is 5.75 Å². The van der Waals surface area contributed by atoms with Crippen molar-refractivity contribution >= 4 is 67.2 Å². The summed E-state index contributed by atoms with van der Waals surface area (Å²) >= 11 is -18.8. The average Bonchev–Trinajstić information content (AvgIpc) is 2.25. The van der Waals surface area contributed by atoms with Gasteiger partial charge in [0.25, 0.3) is 0 Å². The van der Waals surface area contributed by atoms with Gasteiger partial charge in [0.05, 0.1) is 0 Å². The second kappa shape index (κ2) is 6.32. The van der Waals surface area contributed by atoms with Crippen molar-refractivity contribution in [2.24, 2.45) is 0 Å². The number of aromatic hydroxyl groups is 1. The van der Waals surface area contributed by atoms with Crippen LogP contribution in [0.4, 0.5) is 5.69 Å². The first-order valence-electron chi connectivity index (χ1n) is 5.35. The number of anilines is 1. The van der Waals surface area contributed by atoms with E-state index in [-0.39, 0.29) is 0 Å². The maximum absolute atomic E-state index is 11.5. The van der Waals surface area contributed by atoms with Crippen molar-refractivity contribution in [1.82, 2.24) is 0 Å². The van der Waals surface area contributed by atoms with E-state index in [0.717, 1.165) is 6.92 Å². The zero-order valence-corrected chi connectivity index (χ0v) is 16.7. The van der Waals surface area contributed by atoms with E-state index in [2.05, 4.69) is 0 Å². The molecule has 8 N–H and O–H groups in total. The van der Waals surface area contributed by atoms with Crippen LogP contribution >= 0.6 is 0 Å². The number of amides is 1. The van der Waals surface area contributed by atoms with Crippen LogP contribution in [-0.4, -0.2) is 78.1 Å². The van der Waals surface area contributed by atoms with Crippen LogP contribution in [0.3, 0.4) is 0 Å². The van der Waals surface area contributed by atoms with Gasteiger partial charge in [-0.25, -0.2) is 0 Å². The van der Waals surface area contributed by atoms with Crippen molar-refractivity contribution in [2.75, 3.05) is 5.32 Å². The average molecular weight is 522 g/mol. The molecule has 129 valence electrons. The first-order valence-corrected chi connectivity index (χ1v) is 15.5. The number of carbonyl (C=O) groups is 1. The molecule has 0 fully saturated rings. The van der Waals surface area contributed by atoms with Gasteiger partial charge < -0.3 is 0 Å². The van der Waals surface area contributed by atoms with E-state index in [4.69, 9.17) is 0 Å². The van der Waals surface area contributed by atoms with Crippen molar-refractivity contribution in [1.29, 1.82) is 0 Å². The molecule has 0 aliphatic carbocycles. The Morgan fingerprint density at radius 3 is 1.65 bits per heavy atom. The topological polar surface area (TPSA) is 222 Å². The summed E-state index contributed by atoms with van der Waals surface area (Å²) in [6.07, 6.45) is 0. The van der Waals surface area contributed by atoms with Crippen LogP contribution in [0.2, 0.25) is 0 Å². The third kappa shape index (κ3) is 4.66. The maximum atomic E-state index is 11.5. The molecule has 1 radical (unpaired) electrons. The molecule has 1 aromatic rings. The summed E-state index contributed by atoms with van der Waals surface area (Å²) in [7, 11) is 0. The van der Waals surface area contributed by atoms with Crippen LogP contribution < -0.4 is 18.4 Å². The van der Waals surface area contributed by atoms with Crippen LogP contribution in [0.1, 0.15) is 6.92 Å². The van der Waals surface area contributed by atoms with E-state index in [9.17, 15) is 45.7 Å². The van der Waals surface area contributed by atoms with Gasteiger partial charge in [0.2, 0.25) is 0 Å². The Hall–Kier alpha value is -0.675. The van der Waals surface area contributed by atoms with Crippen LogP contribution in [0, 0.1) is 6.07 Å². The zero-order valence-electron chi connectivity index (χ0n) is 11.1. The summed E-state index contributed by atoms with van der Waals surface area (Å²) in [4.78, 5) is 11.0. The molecule has 0 spiro atoms. The second-order valence-corrected chi connectivity index (χ2v) is 13.9. The molecule has 0 atom stereocenters. The summed E-state index contributed by atoms with van der Waals surface area (Å²) in [5, 5.41) is 11.6. The number of hydrogen-bond acceptors (Lipinski definition) is 5. The first-order chi connectivity index (χ1) is 10.1. The summed E-state index contributed by atoms with van der Waals surface area (Å²) in [6.45, 7) is 0.915. The van der Waals surface area contributed by atoms with Crippen LogP contribution in [0.25, 0.3) is 0 Å². The second-order valence-electron chi connectivity index (χ2n) is 4.21. The molecule has 0 aliphatic rings. The van der Waals surface area contributed by atoms with Gasteiger partial charge in [0.15, 0.2) is 0 Å². The monoisotopic (exact) mass is 522 g/mol. The third-order valence-corrected chi connectivity index (χ3v) is 10.2. The minimum atomic E-state index is -6.32. The number of phenols is 1. The van der Waals surface area contributed by atoms with Crippen molar-refractivity contribution in [3.63, 3.8) is 0 Å². The Kier molecular flexibility index (Phi) is 5.60. The molecule has 0 aromatic heterocycles. The molecule has 23 heavy (non-hydrogen) atoms. The van der Waals surface area contributed by atoms with Gasteiger partial charge in [-0.3, -0.25) is 0 Å².